The summed E-state index contributed by atoms with van der Waals surface area (Å²) in [7, 11) is 0. The first-order valence-corrected chi connectivity index (χ1v) is 6.44. The van der Waals surface area contributed by atoms with Gasteiger partial charge in [-0.05, 0) is 37.6 Å². The molecule has 21 heavy (non-hydrogen) atoms. The molecule has 5 nitrogen and oxygen atoms in total. The lowest BCUT2D eigenvalue weighted by atomic mass is 10.2. The molecule has 3 aromatic rings. The number of nitrogens with one attached hydrogen (secondary N) is 1. The van der Waals surface area contributed by atoms with Crippen LogP contribution in [-0.2, 0) is 0 Å². The number of hydrogen-bond acceptors (Lipinski definition) is 3. The van der Waals surface area contributed by atoms with Gasteiger partial charge in [-0.3, -0.25) is 4.79 Å². The SMILES string of the molecule is Cc1nc2c(C)cc(NC(=O)c3ccccc3F)cn2n1. The van der Waals surface area contributed by atoms with Gasteiger partial charge in [0.15, 0.2) is 5.65 Å². The largest absolute Gasteiger partial charge is 0.320 e. The Labute approximate surface area is 120 Å². The summed E-state index contributed by atoms with van der Waals surface area (Å²) in [6.45, 7) is 3.67. The van der Waals surface area contributed by atoms with E-state index in [0.29, 0.717) is 11.5 Å². The fraction of sp³-hybridized carbons (Fsp3) is 0.133. The van der Waals surface area contributed by atoms with Crippen molar-refractivity contribution in [1.82, 2.24) is 14.6 Å². The second-order valence-electron chi connectivity index (χ2n) is 4.77. The van der Waals surface area contributed by atoms with E-state index in [0.717, 1.165) is 11.2 Å². The van der Waals surface area contributed by atoms with Crippen LogP contribution in [0.1, 0.15) is 21.7 Å². The maximum absolute atomic E-state index is 13.6. The average molecular weight is 284 g/mol. The third-order valence-electron chi connectivity index (χ3n) is 3.10. The summed E-state index contributed by atoms with van der Waals surface area (Å²) in [4.78, 5) is 16.4. The lowest BCUT2D eigenvalue weighted by Crippen LogP contribution is -2.14. The summed E-state index contributed by atoms with van der Waals surface area (Å²) in [5.41, 5.74) is 2.15. The topological polar surface area (TPSA) is 59.3 Å². The Kier molecular flexibility index (Phi) is 3.13. The van der Waals surface area contributed by atoms with Gasteiger partial charge in [0.2, 0.25) is 0 Å². The Morgan fingerprint density at radius 3 is 2.81 bits per heavy atom. The fourth-order valence-corrected chi connectivity index (χ4v) is 2.17. The summed E-state index contributed by atoms with van der Waals surface area (Å²) in [5, 5.41) is 6.89. The molecule has 106 valence electrons. The molecule has 0 fully saturated rings. The van der Waals surface area contributed by atoms with Gasteiger partial charge in [-0.25, -0.2) is 13.9 Å². The molecule has 1 amide bonds. The molecule has 3 rings (SSSR count). The zero-order valence-corrected chi connectivity index (χ0v) is 11.6. The highest BCUT2D eigenvalue weighted by Gasteiger charge is 2.12. The Morgan fingerprint density at radius 2 is 2.05 bits per heavy atom. The number of anilines is 1. The molecule has 0 bridgehead atoms. The van der Waals surface area contributed by atoms with Gasteiger partial charge in [-0.15, -0.1) is 0 Å². The van der Waals surface area contributed by atoms with Crippen LogP contribution in [0, 0.1) is 19.7 Å². The van der Waals surface area contributed by atoms with Crippen LogP contribution >= 0.6 is 0 Å². The van der Waals surface area contributed by atoms with E-state index in [1.807, 2.05) is 6.92 Å². The molecule has 0 aliphatic carbocycles. The van der Waals surface area contributed by atoms with E-state index < -0.39 is 11.7 Å². The molecule has 2 heterocycles. The molecule has 0 saturated heterocycles. The maximum Gasteiger partial charge on any atom is 0.258 e. The molecule has 0 radical (unpaired) electrons. The monoisotopic (exact) mass is 284 g/mol. The highest BCUT2D eigenvalue weighted by molar-refractivity contribution is 6.04. The van der Waals surface area contributed by atoms with E-state index >= 15 is 0 Å². The molecular formula is C15H13FN4O. The van der Waals surface area contributed by atoms with E-state index in [4.69, 9.17) is 0 Å². The number of carbonyl (C=O) groups excluding carboxylic acids is 1. The van der Waals surface area contributed by atoms with Crippen molar-refractivity contribution in [2.75, 3.05) is 5.32 Å². The molecule has 0 spiro atoms. The van der Waals surface area contributed by atoms with E-state index in [1.54, 1.807) is 35.8 Å². The summed E-state index contributed by atoms with van der Waals surface area (Å²) >= 11 is 0. The minimum absolute atomic E-state index is 0.00465. The molecule has 2 aromatic heterocycles. The van der Waals surface area contributed by atoms with Gasteiger partial charge in [-0.2, -0.15) is 5.10 Å². The number of hydrogen-bond donors (Lipinski definition) is 1. The van der Waals surface area contributed by atoms with Crippen molar-refractivity contribution in [2.45, 2.75) is 13.8 Å². The standard InChI is InChI=1S/C15H13FN4O/c1-9-7-11(8-20-14(9)17-10(2)19-20)18-15(21)12-5-3-4-6-13(12)16/h3-8H,1-2H3,(H,18,21). The number of pyridine rings is 1. The maximum atomic E-state index is 13.6. The van der Waals surface area contributed by atoms with Gasteiger partial charge in [0, 0.05) is 0 Å². The minimum Gasteiger partial charge on any atom is -0.320 e. The lowest BCUT2D eigenvalue weighted by Gasteiger charge is -2.07. The molecule has 0 saturated carbocycles. The molecular weight excluding hydrogens is 271 g/mol. The number of amides is 1. The lowest BCUT2D eigenvalue weighted by molar-refractivity contribution is 0.102. The zero-order chi connectivity index (χ0) is 15.0. The van der Waals surface area contributed by atoms with Crippen molar-refractivity contribution in [3.63, 3.8) is 0 Å². The average Bonchev–Trinajstić information content (AvgIpc) is 2.80. The fourth-order valence-electron chi connectivity index (χ4n) is 2.17. The summed E-state index contributed by atoms with van der Waals surface area (Å²) in [6, 6.07) is 7.63. The number of aromatic nitrogens is 3. The van der Waals surface area contributed by atoms with Crippen LogP contribution in [-0.4, -0.2) is 20.5 Å². The Bertz CT molecular complexity index is 841. The first-order chi connectivity index (χ1) is 10.0. The van der Waals surface area contributed by atoms with E-state index in [-0.39, 0.29) is 5.56 Å². The second-order valence-corrected chi connectivity index (χ2v) is 4.77. The number of nitrogens with zero attached hydrogens (tertiary/aromatic N) is 3. The highest BCUT2D eigenvalue weighted by atomic mass is 19.1. The van der Waals surface area contributed by atoms with Gasteiger partial charge in [0.1, 0.15) is 11.6 Å². The highest BCUT2D eigenvalue weighted by Crippen LogP contribution is 2.16. The minimum atomic E-state index is -0.551. The quantitative estimate of drug-likeness (QED) is 0.787. The number of halogens is 1. The Balaban J connectivity index is 1.95. The zero-order valence-electron chi connectivity index (χ0n) is 11.6. The first-order valence-electron chi connectivity index (χ1n) is 6.44. The predicted molar refractivity (Wildman–Crippen MR) is 76.8 cm³/mol. The smallest absolute Gasteiger partial charge is 0.258 e. The normalized spacial score (nSPS) is 10.8. The first kappa shape index (κ1) is 13.2. The van der Waals surface area contributed by atoms with Gasteiger partial charge in [-0.1, -0.05) is 12.1 Å². The van der Waals surface area contributed by atoms with Crippen molar-refractivity contribution in [2.24, 2.45) is 0 Å². The number of benzene rings is 1. The molecule has 1 aromatic carbocycles. The van der Waals surface area contributed by atoms with Crippen LogP contribution in [0.25, 0.3) is 5.65 Å². The summed E-state index contributed by atoms with van der Waals surface area (Å²) in [5.74, 6) is -0.399. The van der Waals surface area contributed by atoms with Crippen molar-refractivity contribution in [3.8, 4) is 0 Å². The molecule has 6 heteroatoms. The number of rotatable bonds is 2. The van der Waals surface area contributed by atoms with Crippen LogP contribution in [0.3, 0.4) is 0 Å². The second kappa shape index (κ2) is 4.97. The molecule has 0 unspecified atom stereocenters. The van der Waals surface area contributed by atoms with E-state index in [9.17, 15) is 9.18 Å². The van der Waals surface area contributed by atoms with Crippen LogP contribution in [0.2, 0.25) is 0 Å². The van der Waals surface area contributed by atoms with Crippen LogP contribution in [0.5, 0.6) is 0 Å². The molecule has 0 aliphatic heterocycles. The third-order valence-corrected chi connectivity index (χ3v) is 3.10. The third kappa shape index (κ3) is 2.47. The van der Waals surface area contributed by atoms with E-state index in [2.05, 4.69) is 15.4 Å². The van der Waals surface area contributed by atoms with Crippen LogP contribution in [0.4, 0.5) is 10.1 Å². The van der Waals surface area contributed by atoms with Crippen LogP contribution in [0.15, 0.2) is 36.5 Å². The number of fused-ring (bicyclic) bond motifs is 1. The van der Waals surface area contributed by atoms with Gasteiger partial charge in [0.25, 0.3) is 5.91 Å². The molecule has 1 N–H and O–H groups in total. The van der Waals surface area contributed by atoms with Gasteiger partial charge >= 0.3 is 0 Å². The molecule has 0 aliphatic rings. The van der Waals surface area contributed by atoms with Crippen molar-refractivity contribution in [3.05, 3.63) is 59.3 Å². The van der Waals surface area contributed by atoms with Gasteiger partial charge in [0.05, 0.1) is 17.4 Å². The number of aryl methyl sites for hydroxylation is 2. The Hall–Kier alpha value is -2.76. The van der Waals surface area contributed by atoms with Crippen LogP contribution < -0.4 is 5.32 Å². The summed E-state index contributed by atoms with van der Waals surface area (Å²) in [6.07, 6.45) is 1.65. The van der Waals surface area contributed by atoms with Crippen molar-refractivity contribution >= 4 is 17.2 Å². The Morgan fingerprint density at radius 1 is 1.29 bits per heavy atom. The number of carbonyl (C=O) groups is 1. The van der Waals surface area contributed by atoms with Crippen molar-refractivity contribution < 1.29 is 9.18 Å². The van der Waals surface area contributed by atoms with Crippen molar-refractivity contribution in [1.29, 1.82) is 0 Å². The van der Waals surface area contributed by atoms with Gasteiger partial charge < -0.3 is 5.32 Å². The summed E-state index contributed by atoms with van der Waals surface area (Å²) < 4.78 is 15.2. The van der Waals surface area contributed by atoms with E-state index in [1.165, 1.54) is 12.1 Å². The predicted octanol–water partition coefficient (Wildman–Crippen LogP) is 2.74. The molecule has 0 atom stereocenters.